The van der Waals surface area contributed by atoms with Crippen LogP contribution in [0.5, 0.6) is 0 Å². The molecule has 3 nitrogen and oxygen atoms in total. The van der Waals surface area contributed by atoms with Gasteiger partial charge in [-0.05, 0) is 35.7 Å². The van der Waals surface area contributed by atoms with E-state index in [1.807, 2.05) is 43.3 Å². The number of benzene rings is 2. The molecular formula is C17H16BrNO2. The van der Waals surface area contributed by atoms with Crippen LogP contribution in [0.4, 0.5) is 0 Å². The summed E-state index contributed by atoms with van der Waals surface area (Å²) in [5, 5.41) is 13.2. The predicted octanol–water partition coefficient (Wildman–Crippen LogP) is 3.15. The lowest BCUT2D eigenvalue weighted by molar-refractivity contribution is 0.0857. The maximum Gasteiger partial charge on any atom is 0.252 e. The summed E-state index contributed by atoms with van der Waals surface area (Å²) in [6.07, 6.45) is 0.0114. The van der Waals surface area contributed by atoms with Crippen molar-refractivity contribution >= 4 is 21.8 Å². The number of carbonyl (C=O) groups excluding carboxylic acids is 1. The summed E-state index contributed by atoms with van der Waals surface area (Å²) in [5.74, 6) is -0.158. The molecule has 0 saturated heterocycles. The first-order valence-corrected chi connectivity index (χ1v) is 7.69. The van der Waals surface area contributed by atoms with Gasteiger partial charge in [0, 0.05) is 16.5 Å². The molecule has 0 aromatic heterocycles. The van der Waals surface area contributed by atoms with E-state index in [-0.39, 0.29) is 11.9 Å². The highest BCUT2D eigenvalue weighted by atomic mass is 79.9. The maximum atomic E-state index is 12.5. The molecule has 3 rings (SSSR count). The van der Waals surface area contributed by atoms with Crippen LogP contribution >= 0.6 is 15.9 Å². The summed E-state index contributed by atoms with van der Waals surface area (Å²) >= 11 is 3.44. The summed E-state index contributed by atoms with van der Waals surface area (Å²) in [4.78, 5) is 12.5. The van der Waals surface area contributed by atoms with Crippen molar-refractivity contribution < 1.29 is 9.90 Å². The van der Waals surface area contributed by atoms with Crippen molar-refractivity contribution in [3.8, 4) is 0 Å². The first-order valence-electron chi connectivity index (χ1n) is 6.90. The second-order valence-corrected chi connectivity index (χ2v) is 6.19. The van der Waals surface area contributed by atoms with Crippen LogP contribution in [0.1, 0.15) is 33.1 Å². The molecule has 2 unspecified atom stereocenters. The average molecular weight is 346 g/mol. The molecule has 2 aromatic rings. The molecule has 0 heterocycles. The number of aliphatic hydroxyl groups is 1. The Morgan fingerprint density at radius 1 is 1.24 bits per heavy atom. The Morgan fingerprint density at radius 2 is 2.00 bits per heavy atom. The minimum absolute atomic E-state index is 0.158. The fourth-order valence-corrected chi connectivity index (χ4v) is 3.19. The Hall–Kier alpha value is -1.65. The molecule has 0 spiro atoms. The quantitative estimate of drug-likeness (QED) is 0.878. The van der Waals surface area contributed by atoms with Gasteiger partial charge in [0.15, 0.2) is 0 Å². The number of halogens is 1. The van der Waals surface area contributed by atoms with E-state index in [9.17, 15) is 9.90 Å². The minimum Gasteiger partial charge on any atom is -0.390 e. The summed E-state index contributed by atoms with van der Waals surface area (Å²) in [6, 6.07) is 13.0. The summed E-state index contributed by atoms with van der Waals surface area (Å²) < 4.78 is 0.905. The Labute approximate surface area is 132 Å². The molecule has 2 N–H and O–H groups in total. The number of aliphatic hydroxyl groups excluding tert-OH is 1. The van der Waals surface area contributed by atoms with E-state index in [0.717, 1.165) is 21.2 Å². The molecule has 1 aliphatic carbocycles. The van der Waals surface area contributed by atoms with Crippen LogP contribution in [0, 0.1) is 6.92 Å². The average Bonchev–Trinajstić information content (AvgIpc) is 2.78. The smallest absolute Gasteiger partial charge is 0.252 e. The van der Waals surface area contributed by atoms with Gasteiger partial charge in [0.1, 0.15) is 0 Å². The molecule has 0 radical (unpaired) electrons. The lowest BCUT2D eigenvalue weighted by Gasteiger charge is -2.19. The first kappa shape index (κ1) is 14.3. The highest BCUT2D eigenvalue weighted by Crippen LogP contribution is 2.31. The second kappa shape index (κ2) is 5.62. The zero-order valence-electron chi connectivity index (χ0n) is 11.6. The normalized spacial score (nSPS) is 20.1. The SMILES string of the molecule is Cc1c(Br)cccc1C(=O)NC1c2ccccc2CC1O. The van der Waals surface area contributed by atoms with Gasteiger partial charge in [0.2, 0.25) is 0 Å². The Morgan fingerprint density at radius 3 is 2.81 bits per heavy atom. The van der Waals surface area contributed by atoms with Gasteiger partial charge in [-0.3, -0.25) is 4.79 Å². The van der Waals surface area contributed by atoms with Crippen LogP contribution in [0.2, 0.25) is 0 Å². The molecule has 0 bridgehead atoms. The highest BCUT2D eigenvalue weighted by molar-refractivity contribution is 9.10. The molecule has 108 valence electrons. The number of amides is 1. The van der Waals surface area contributed by atoms with Crippen molar-refractivity contribution in [2.24, 2.45) is 0 Å². The molecule has 1 amide bonds. The van der Waals surface area contributed by atoms with Crippen LogP contribution in [0.3, 0.4) is 0 Å². The van der Waals surface area contributed by atoms with E-state index in [0.29, 0.717) is 12.0 Å². The van der Waals surface area contributed by atoms with Gasteiger partial charge < -0.3 is 10.4 Å². The number of rotatable bonds is 2. The van der Waals surface area contributed by atoms with E-state index < -0.39 is 6.10 Å². The Balaban J connectivity index is 1.87. The number of nitrogens with one attached hydrogen (secondary N) is 1. The standard InChI is InChI=1S/C17H16BrNO2/c1-10-12(7-4-8-14(10)18)17(21)19-16-13-6-3-2-5-11(13)9-15(16)20/h2-8,15-16,20H,9H2,1H3,(H,19,21). The third-order valence-electron chi connectivity index (χ3n) is 4.00. The lowest BCUT2D eigenvalue weighted by atomic mass is 10.1. The predicted molar refractivity (Wildman–Crippen MR) is 85.2 cm³/mol. The van der Waals surface area contributed by atoms with Crippen molar-refractivity contribution in [1.29, 1.82) is 0 Å². The molecule has 0 saturated carbocycles. The summed E-state index contributed by atoms with van der Waals surface area (Å²) in [5.41, 5.74) is 3.63. The second-order valence-electron chi connectivity index (χ2n) is 5.33. The summed E-state index contributed by atoms with van der Waals surface area (Å²) in [6.45, 7) is 1.90. The zero-order chi connectivity index (χ0) is 15.0. The van der Waals surface area contributed by atoms with Gasteiger partial charge in [0.25, 0.3) is 5.91 Å². The molecule has 0 fully saturated rings. The molecular weight excluding hydrogens is 330 g/mol. The number of carbonyl (C=O) groups is 1. The van der Waals surface area contributed by atoms with Crippen LogP contribution in [0.25, 0.3) is 0 Å². The lowest BCUT2D eigenvalue weighted by Crippen LogP contribution is -2.34. The topological polar surface area (TPSA) is 49.3 Å². The zero-order valence-corrected chi connectivity index (χ0v) is 13.2. The molecule has 1 aliphatic rings. The van der Waals surface area contributed by atoms with Crippen molar-refractivity contribution in [3.63, 3.8) is 0 Å². The highest BCUT2D eigenvalue weighted by Gasteiger charge is 2.32. The summed E-state index contributed by atoms with van der Waals surface area (Å²) in [7, 11) is 0. The van der Waals surface area contributed by atoms with Gasteiger partial charge in [-0.25, -0.2) is 0 Å². The number of hydrogen-bond acceptors (Lipinski definition) is 2. The van der Waals surface area contributed by atoms with E-state index in [2.05, 4.69) is 21.2 Å². The third kappa shape index (κ3) is 2.61. The van der Waals surface area contributed by atoms with Crippen molar-refractivity contribution in [2.45, 2.75) is 25.5 Å². The Kier molecular flexibility index (Phi) is 3.83. The van der Waals surface area contributed by atoms with E-state index in [4.69, 9.17) is 0 Å². The fraction of sp³-hybridized carbons (Fsp3) is 0.235. The number of fused-ring (bicyclic) bond motifs is 1. The van der Waals surface area contributed by atoms with Crippen molar-refractivity contribution in [3.05, 3.63) is 69.2 Å². The van der Waals surface area contributed by atoms with Crippen LogP contribution < -0.4 is 5.32 Å². The van der Waals surface area contributed by atoms with Crippen molar-refractivity contribution in [1.82, 2.24) is 5.32 Å². The third-order valence-corrected chi connectivity index (χ3v) is 4.86. The fourth-order valence-electron chi connectivity index (χ4n) is 2.82. The van der Waals surface area contributed by atoms with Gasteiger partial charge in [-0.2, -0.15) is 0 Å². The van der Waals surface area contributed by atoms with Crippen LogP contribution in [0.15, 0.2) is 46.9 Å². The molecule has 21 heavy (non-hydrogen) atoms. The molecule has 2 atom stereocenters. The van der Waals surface area contributed by atoms with Gasteiger partial charge in [-0.1, -0.05) is 46.3 Å². The van der Waals surface area contributed by atoms with Gasteiger partial charge >= 0.3 is 0 Å². The Bertz CT molecular complexity index is 699. The van der Waals surface area contributed by atoms with E-state index in [1.54, 1.807) is 6.07 Å². The van der Waals surface area contributed by atoms with Gasteiger partial charge in [-0.15, -0.1) is 0 Å². The van der Waals surface area contributed by atoms with Crippen LogP contribution in [-0.4, -0.2) is 17.1 Å². The van der Waals surface area contributed by atoms with E-state index >= 15 is 0 Å². The van der Waals surface area contributed by atoms with E-state index in [1.165, 1.54) is 0 Å². The molecule has 0 aliphatic heterocycles. The number of hydrogen-bond donors (Lipinski definition) is 2. The van der Waals surface area contributed by atoms with Crippen LogP contribution in [-0.2, 0) is 6.42 Å². The molecule has 4 heteroatoms. The van der Waals surface area contributed by atoms with Crippen molar-refractivity contribution in [2.75, 3.05) is 0 Å². The largest absolute Gasteiger partial charge is 0.390 e. The first-order chi connectivity index (χ1) is 10.1. The minimum atomic E-state index is -0.571. The maximum absolute atomic E-state index is 12.5. The van der Waals surface area contributed by atoms with Gasteiger partial charge in [0.05, 0.1) is 12.1 Å². The monoisotopic (exact) mass is 345 g/mol. The molecule has 2 aromatic carbocycles.